The number of carbonyl (C=O) groups excluding carboxylic acids is 2. The number of fused-ring (bicyclic) bond motifs is 1. The van der Waals surface area contributed by atoms with Crippen molar-refractivity contribution in [1.29, 1.82) is 0 Å². The SMILES string of the molecule is O=C(CSc1ccccc1C(=O)N1CCC(c2nnc3ccccn23)CC1)N1CCCC1. The van der Waals surface area contributed by atoms with Crippen LogP contribution in [0.3, 0.4) is 0 Å². The lowest BCUT2D eigenvalue weighted by molar-refractivity contribution is -0.127. The van der Waals surface area contributed by atoms with Crippen LogP contribution in [0.5, 0.6) is 0 Å². The minimum atomic E-state index is 0.0475. The Bertz CT molecular complexity index is 1120. The van der Waals surface area contributed by atoms with Gasteiger partial charge in [0.2, 0.25) is 5.91 Å². The Hall–Kier alpha value is -2.87. The van der Waals surface area contributed by atoms with Gasteiger partial charge in [-0.1, -0.05) is 18.2 Å². The van der Waals surface area contributed by atoms with E-state index in [-0.39, 0.29) is 11.8 Å². The van der Waals surface area contributed by atoms with Gasteiger partial charge in [-0.05, 0) is 49.9 Å². The molecule has 2 fully saturated rings. The standard InChI is InChI=1S/C24H27N5O2S/c30-22(27-12-5-6-13-27)17-32-20-8-2-1-7-19(20)24(31)28-15-10-18(11-16-28)23-26-25-21-9-3-4-14-29(21)23/h1-4,7-9,14,18H,5-6,10-13,15-17H2. The third-order valence-corrected chi connectivity index (χ3v) is 7.47. The van der Waals surface area contributed by atoms with Crippen LogP contribution in [0, 0.1) is 0 Å². The molecule has 8 heteroatoms. The molecule has 1 aromatic carbocycles. The van der Waals surface area contributed by atoms with Crippen LogP contribution < -0.4 is 0 Å². The summed E-state index contributed by atoms with van der Waals surface area (Å²) < 4.78 is 2.05. The highest BCUT2D eigenvalue weighted by molar-refractivity contribution is 8.00. The molecule has 166 valence electrons. The predicted molar refractivity (Wildman–Crippen MR) is 124 cm³/mol. The number of carbonyl (C=O) groups is 2. The van der Waals surface area contributed by atoms with Gasteiger partial charge >= 0.3 is 0 Å². The smallest absolute Gasteiger partial charge is 0.254 e. The number of amides is 2. The van der Waals surface area contributed by atoms with Crippen molar-refractivity contribution >= 4 is 29.2 Å². The van der Waals surface area contributed by atoms with Gasteiger partial charge in [0.15, 0.2) is 5.65 Å². The summed E-state index contributed by atoms with van der Waals surface area (Å²) in [6, 6.07) is 13.6. The maximum atomic E-state index is 13.3. The number of aromatic nitrogens is 3. The normalized spacial score (nSPS) is 17.2. The fourth-order valence-electron chi connectivity index (χ4n) is 4.62. The van der Waals surface area contributed by atoms with E-state index in [0.717, 1.165) is 55.1 Å². The van der Waals surface area contributed by atoms with E-state index in [0.29, 0.717) is 30.3 Å². The largest absolute Gasteiger partial charge is 0.342 e. The van der Waals surface area contributed by atoms with Crippen LogP contribution in [-0.2, 0) is 4.79 Å². The van der Waals surface area contributed by atoms with Gasteiger partial charge in [0.1, 0.15) is 5.82 Å². The van der Waals surface area contributed by atoms with Crippen LogP contribution in [0.2, 0.25) is 0 Å². The molecule has 5 rings (SSSR count). The molecule has 7 nitrogen and oxygen atoms in total. The van der Waals surface area contributed by atoms with Crippen LogP contribution in [0.1, 0.15) is 47.8 Å². The van der Waals surface area contributed by atoms with Crippen LogP contribution in [-0.4, -0.2) is 68.1 Å². The van der Waals surface area contributed by atoms with Gasteiger partial charge in [-0.15, -0.1) is 22.0 Å². The van der Waals surface area contributed by atoms with Gasteiger partial charge in [-0.25, -0.2) is 0 Å². The minimum Gasteiger partial charge on any atom is -0.342 e. The number of pyridine rings is 1. The van der Waals surface area contributed by atoms with E-state index in [1.54, 1.807) is 0 Å². The molecule has 0 atom stereocenters. The highest BCUT2D eigenvalue weighted by atomic mass is 32.2. The molecule has 2 saturated heterocycles. The zero-order chi connectivity index (χ0) is 21.9. The summed E-state index contributed by atoms with van der Waals surface area (Å²) in [5.74, 6) is 1.86. The summed E-state index contributed by atoms with van der Waals surface area (Å²) in [4.78, 5) is 30.5. The van der Waals surface area contributed by atoms with Crippen LogP contribution >= 0.6 is 11.8 Å². The minimum absolute atomic E-state index is 0.0475. The number of nitrogens with zero attached hydrogens (tertiary/aromatic N) is 5. The van der Waals surface area contributed by atoms with Crippen LogP contribution in [0.25, 0.3) is 5.65 Å². The first-order chi connectivity index (χ1) is 15.7. The Labute approximate surface area is 191 Å². The van der Waals surface area contributed by atoms with Gasteiger partial charge in [-0.3, -0.25) is 14.0 Å². The zero-order valence-electron chi connectivity index (χ0n) is 18.0. The quantitative estimate of drug-likeness (QED) is 0.558. The van der Waals surface area contributed by atoms with Crippen molar-refractivity contribution in [2.24, 2.45) is 0 Å². The molecule has 0 unspecified atom stereocenters. The van der Waals surface area contributed by atoms with Crippen LogP contribution in [0.15, 0.2) is 53.6 Å². The molecule has 0 bridgehead atoms. The Morgan fingerprint density at radius 3 is 2.47 bits per heavy atom. The molecule has 0 radical (unpaired) electrons. The third kappa shape index (κ3) is 4.24. The second-order valence-corrected chi connectivity index (χ2v) is 9.44. The Kier molecular flexibility index (Phi) is 6.12. The topological polar surface area (TPSA) is 70.8 Å². The van der Waals surface area contributed by atoms with Crippen LogP contribution in [0.4, 0.5) is 0 Å². The number of benzene rings is 1. The number of rotatable bonds is 5. The third-order valence-electron chi connectivity index (χ3n) is 6.41. The number of likely N-dealkylation sites (tertiary alicyclic amines) is 2. The Morgan fingerprint density at radius 2 is 1.66 bits per heavy atom. The van der Waals surface area contributed by atoms with Crippen molar-refractivity contribution in [3.8, 4) is 0 Å². The first kappa shape index (κ1) is 21.0. The summed E-state index contributed by atoms with van der Waals surface area (Å²) in [5, 5.41) is 8.67. The van der Waals surface area contributed by atoms with E-state index in [2.05, 4.69) is 10.2 Å². The molecule has 0 spiro atoms. The lowest BCUT2D eigenvalue weighted by atomic mass is 9.95. The first-order valence-corrected chi connectivity index (χ1v) is 12.3. The summed E-state index contributed by atoms with van der Waals surface area (Å²) in [6.07, 6.45) is 5.91. The molecular weight excluding hydrogens is 422 g/mol. The average Bonchev–Trinajstić information content (AvgIpc) is 3.53. The Balaban J connectivity index is 1.23. The summed E-state index contributed by atoms with van der Waals surface area (Å²) >= 11 is 1.47. The van der Waals surface area contributed by atoms with Crippen molar-refractivity contribution in [2.75, 3.05) is 31.9 Å². The lowest BCUT2D eigenvalue weighted by Crippen LogP contribution is -2.38. The predicted octanol–water partition coefficient (Wildman–Crippen LogP) is 3.46. The van der Waals surface area contributed by atoms with Gasteiger partial charge < -0.3 is 9.80 Å². The maximum absolute atomic E-state index is 13.3. The fourth-order valence-corrected chi connectivity index (χ4v) is 5.56. The molecule has 3 aromatic rings. The van der Waals surface area contributed by atoms with Crippen molar-refractivity contribution < 1.29 is 9.59 Å². The summed E-state index contributed by atoms with van der Waals surface area (Å²) in [6.45, 7) is 3.10. The van der Waals surface area contributed by atoms with E-state index < -0.39 is 0 Å². The molecule has 32 heavy (non-hydrogen) atoms. The maximum Gasteiger partial charge on any atom is 0.254 e. The van der Waals surface area contributed by atoms with E-state index in [1.165, 1.54) is 11.8 Å². The van der Waals surface area contributed by atoms with Gasteiger partial charge in [0.05, 0.1) is 11.3 Å². The molecule has 0 N–H and O–H groups in total. The lowest BCUT2D eigenvalue weighted by Gasteiger charge is -2.31. The van der Waals surface area contributed by atoms with E-state index in [9.17, 15) is 9.59 Å². The van der Waals surface area contributed by atoms with E-state index in [4.69, 9.17) is 0 Å². The first-order valence-electron chi connectivity index (χ1n) is 11.3. The summed E-state index contributed by atoms with van der Waals surface area (Å²) in [7, 11) is 0. The second-order valence-electron chi connectivity index (χ2n) is 8.43. The van der Waals surface area contributed by atoms with E-state index in [1.807, 2.05) is 62.9 Å². The van der Waals surface area contributed by atoms with Gasteiger partial charge in [0.25, 0.3) is 5.91 Å². The second kappa shape index (κ2) is 9.32. The highest BCUT2D eigenvalue weighted by Gasteiger charge is 2.28. The zero-order valence-corrected chi connectivity index (χ0v) is 18.8. The molecule has 2 aliphatic rings. The van der Waals surface area contributed by atoms with Gasteiger partial charge in [-0.2, -0.15) is 0 Å². The highest BCUT2D eigenvalue weighted by Crippen LogP contribution is 2.30. The van der Waals surface area contributed by atoms with Crippen molar-refractivity contribution in [1.82, 2.24) is 24.4 Å². The molecule has 2 amide bonds. The number of piperidine rings is 1. The molecule has 2 aromatic heterocycles. The van der Waals surface area contributed by atoms with Gasteiger partial charge in [0, 0.05) is 43.2 Å². The monoisotopic (exact) mass is 449 g/mol. The van der Waals surface area contributed by atoms with Crippen molar-refractivity contribution in [3.63, 3.8) is 0 Å². The number of thioether (sulfide) groups is 1. The van der Waals surface area contributed by atoms with E-state index >= 15 is 0 Å². The number of hydrogen-bond acceptors (Lipinski definition) is 5. The Morgan fingerprint density at radius 1 is 0.906 bits per heavy atom. The molecule has 4 heterocycles. The number of hydrogen-bond donors (Lipinski definition) is 0. The van der Waals surface area contributed by atoms with Crippen molar-refractivity contribution in [2.45, 2.75) is 36.5 Å². The molecule has 0 saturated carbocycles. The summed E-state index contributed by atoms with van der Waals surface area (Å²) in [5.41, 5.74) is 1.55. The fraction of sp³-hybridized carbons (Fsp3) is 0.417. The molecule has 2 aliphatic heterocycles. The molecular formula is C24H27N5O2S. The molecule has 0 aliphatic carbocycles. The average molecular weight is 450 g/mol. The van der Waals surface area contributed by atoms with Crippen molar-refractivity contribution in [3.05, 3.63) is 60.0 Å².